The van der Waals surface area contributed by atoms with Crippen LogP contribution in [0.5, 0.6) is 5.75 Å². The van der Waals surface area contributed by atoms with E-state index in [1.807, 2.05) is 54.3 Å². The summed E-state index contributed by atoms with van der Waals surface area (Å²) in [5, 5.41) is 0. The largest absolute Gasteiger partial charge is 0.496 e. The highest BCUT2D eigenvalue weighted by molar-refractivity contribution is 5.79. The van der Waals surface area contributed by atoms with Gasteiger partial charge in [0.05, 0.1) is 12.8 Å². The molecular formula is C22H23N3O2. The Morgan fingerprint density at radius 2 is 1.89 bits per heavy atom. The summed E-state index contributed by atoms with van der Waals surface area (Å²) in [4.78, 5) is 22.7. The minimum atomic E-state index is 0.0865. The third-order valence-corrected chi connectivity index (χ3v) is 5.11. The first-order valence-corrected chi connectivity index (χ1v) is 9.17. The molecule has 4 rings (SSSR count). The Balaban J connectivity index is 1.53. The molecule has 1 N–H and O–H groups in total. The maximum Gasteiger partial charge on any atom is 0.223 e. The van der Waals surface area contributed by atoms with Gasteiger partial charge >= 0.3 is 0 Å². The average Bonchev–Trinajstić information content (AvgIpc) is 3.26. The zero-order chi connectivity index (χ0) is 18.8. The molecule has 1 aromatic heterocycles. The van der Waals surface area contributed by atoms with Gasteiger partial charge in [-0.05, 0) is 13.0 Å². The number of carbonyl (C=O) groups excluding carboxylic acids is 1. The normalized spacial score (nSPS) is 16.7. The number of hydrogen-bond acceptors (Lipinski definition) is 3. The molecule has 27 heavy (non-hydrogen) atoms. The molecule has 1 aliphatic rings. The van der Waals surface area contributed by atoms with Gasteiger partial charge in [-0.1, -0.05) is 48.5 Å². The summed E-state index contributed by atoms with van der Waals surface area (Å²) in [6, 6.07) is 18.0. The van der Waals surface area contributed by atoms with Gasteiger partial charge in [0.25, 0.3) is 0 Å². The minimum absolute atomic E-state index is 0.0865. The van der Waals surface area contributed by atoms with Crippen molar-refractivity contribution in [3.63, 3.8) is 0 Å². The fraction of sp³-hybridized carbons (Fsp3) is 0.273. The maximum absolute atomic E-state index is 12.6. The minimum Gasteiger partial charge on any atom is -0.496 e. The Morgan fingerprint density at radius 3 is 2.67 bits per heavy atom. The third-order valence-electron chi connectivity index (χ3n) is 5.11. The van der Waals surface area contributed by atoms with E-state index in [4.69, 9.17) is 9.72 Å². The molecule has 0 spiro atoms. The Bertz CT molecular complexity index is 949. The number of carbonyl (C=O) groups is 1. The second-order valence-corrected chi connectivity index (χ2v) is 6.95. The summed E-state index contributed by atoms with van der Waals surface area (Å²) in [6.07, 6.45) is 0.482. The van der Waals surface area contributed by atoms with Crippen LogP contribution in [0.4, 0.5) is 0 Å². The Hall–Kier alpha value is -3.08. The predicted octanol–water partition coefficient (Wildman–Crippen LogP) is 3.91. The molecule has 0 bridgehead atoms. The summed E-state index contributed by atoms with van der Waals surface area (Å²) >= 11 is 0. The van der Waals surface area contributed by atoms with Crippen molar-refractivity contribution in [1.29, 1.82) is 0 Å². The van der Waals surface area contributed by atoms with Crippen LogP contribution in [0.15, 0.2) is 54.6 Å². The molecule has 0 saturated carbocycles. The average molecular weight is 361 g/mol. The van der Waals surface area contributed by atoms with Crippen molar-refractivity contribution in [2.75, 3.05) is 13.7 Å². The van der Waals surface area contributed by atoms with Crippen molar-refractivity contribution in [3.8, 4) is 17.0 Å². The van der Waals surface area contributed by atoms with E-state index in [1.165, 1.54) is 0 Å². The number of hydrogen-bond donors (Lipinski definition) is 1. The molecule has 3 aromatic rings. The SMILES string of the molecule is COc1ccccc1CN1C[C@H](c2nc(-c3ccccc3)c(C)[nH]2)CC1=O. The highest BCUT2D eigenvalue weighted by Gasteiger charge is 2.33. The number of nitrogens with zero attached hydrogens (tertiary/aromatic N) is 2. The van der Waals surface area contributed by atoms with E-state index in [-0.39, 0.29) is 11.8 Å². The van der Waals surface area contributed by atoms with E-state index in [9.17, 15) is 4.79 Å². The van der Waals surface area contributed by atoms with Gasteiger partial charge in [-0.15, -0.1) is 0 Å². The molecule has 1 aliphatic heterocycles. The van der Waals surface area contributed by atoms with Crippen molar-refractivity contribution in [2.24, 2.45) is 0 Å². The van der Waals surface area contributed by atoms with Gasteiger partial charge in [0.1, 0.15) is 11.6 Å². The third kappa shape index (κ3) is 3.45. The van der Waals surface area contributed by atoms with Crippen LogP contribution in [-0.4, -0.2) is 34.4 Å². The van der Waals surface area contributed by atoms with Crippen molar-refractivity contribution >= 4 is 5.91 Å². The number of rotatable bonds is 5. The number of aromatic amines is 1. The van der Waals surface area contributed by atoms with Gasteiger partial charge in [-0.3, -0.25) is 4.79 Å². The number of aromatic nitrogens is 2. The molecule has 0 radical (unpaired) electrons. The number of para-hydroxylation sites is 1. The monoisotopic (exact) mass is 361 g/mol. The van der Waals surface area contributed by atoms with Crippen LogP contribution in [0.3, 0.4) is 0 Å². The molecule has 2 heterocycles. The fourth-order valence-electron chi connectivity index (χ4n) is 3.70. The topological polar surface area (TPSA) is 58.2 Å². The first-order valence-electron chi connectivity index (χ1n) is 9.17. The lowest BCUT2D eigenvalue weighted by atomic mass is 10.1. The first-order chi connectivity index (χ1) is 13.2. The number of H-pyrrole nitrogens is 1. The summed E-state index contributed by atoms with van der Waals surface area (Å²) in [7, 11) is 1.66. The molecule has 1 atom stereocenters. The lowest BCUT2D eigenvalue weighted by Gasteiger charge is -2.18. The summed E-state index contributed by atoms with van der Waals surface area (Å²) in [5.74, 6) is 1.95. The lowest BCUT2D eigenvalue weighted by molar-refractivity contribution is -0.128. The van der Waals surface area contributed by atoms with Crippen LogP contribution in [0.2, 0.25) is 0 Å². The molecular weight excluding hydrogens is 338 g/mol. The van der Waals surface area contributed by atoms with Crippen LogP contribution in [0.1, 0.15) is 29.4 Å². The predicted molar refractivity (Wildman–Crippen MR) is 105 cm³/mol. The summed E-state index contributed by atoms with van der Waals surface area (Å²) < 4.78 is 5.41. The molecule has 0 aliphatic carbocycles. The Kier molecular flexibility index (Phi) is 4.67. The van der Waals surface area contributed by atoms with Crippen LogP contribution < -0.4 is 4.74 Å². The van der Waals surface area contributed by atoms with E-state index in [0.717, 1.165) is 34.1 Å². The molecule has 5 nitrogen and oxygen atoms in total. The van der Waals surface area contributed by atoms with Crippen LogP contribution in [0, 0.1) is 6.92 Å². The highest BCUT2D eigenvalue weighted by atomic mass is 16.5. The van der Waals surface area contributed by atoms with E-state index < -0.39 is 0 Å². The van der Waals surface area contributed by atoms with E-state index >= 15 is 0 Å². The molecule has 5 heteroatoms. The van der Waals surface area contributed by atoms with Crippen LogP contribution >= 0.6 is 0 Å². The summed E-state index contributed by atoms with van der Waals surface area (Å²) in [6.45, 7) is 3.25. The number of nitrogens with one attached hydrogen (secondary N) is 1. The lowest BCUT2D eigenvalue weighted by Crippen LogP contribution is -2.24. The van der Waals surface area contributed by atoms with Crippen LogP contribution in [-0.2, 0) is 11.3 Å². The molecule has 2 aromatic carbocycles. The van der Waals surface area contributed by atoms with Crippen molar-refractivity contribution in [3.05, 3.63) is 71.7 Å². The first kappa shape index (κ1) is 17.3. The summed E-state index contributed by atoms with van der Waals surface area (Å²) in [5.41, 5.74) is 4.11. The molecule has 1 fully saturated rings. The van der Waals surface area contributed by atoms with E-state index in [1.54, 1.807) is 7.11 Å². The molecule has 1 saturated heterocycles. The zero-order valence-corrected chi connectivity index (χ0v) is 15.6. The number of methoxy groups -OCH3 is 1. The van der Waals surface area contributed by atoms with Gasteiger partial charge in [-0.25, -0.2) is 4.98 Å². The molecule has 1 amide bonds. The number of ether oxygens (including phenoxy) is 1. The van der Waals surface area contributed by atoms with Crippen molar-refractivity contribution in [2.45, 2.75) is 25.8 Å². The van der Waals surface area contributed by atoms with Crippen molar-refractivity contribution in [1.82, 2.24) is 14.9 Å². The second-order valence-electron chi connectivity index (χ2n) is 6.95. The standard InChI is InChI=1S/C22H23N3O2/c1-15-21(16-8-4-3-5-9-16)24-22(23-15)18-12-20(26)25(14-18)13-17-10-6-7-11-19(17)27-2/h3-11,18H,12-14H2,1-2H3,(H,23,24)/t18-/m1/s1. The van der Waals surface area contributed by atoms with Gasteiger partial charge in [0.15, 0.2) is 0 Å². The molecule has 138 valence electrons. The molecule has 0 unspecified atom stereocenters. The quantitative estimate of drug-likeness (QED) is 0.750. The number of imidazole rings is 1. The van der Waals surface area contributed by atoms with Gasteiger partial charge < -0.3 is 14.6 Å². The Labute approximate surface area is 159 Å². The number of benzene rings is 2. The number of amides is 1. The number of likely N-dealkylation sites (tertiary alicyclic amines) is 1. The maximum atomic E-state index is 12.6. The zero-order valence-electron chi connectivity index (χ0n) is 15.6. The van der Waals surface area contributed by atoms with Gasteiger partial charge in [-0.2, -0.15) is 0 Å². The van der Waals surface area contributed by atoms with E-state index in [0.29, 0.717) is 19.5 Å². The fourth-order valence-corrected chi connectivity index (χ4v) is 3.70. The van der Waals surface area contributed by atoms with E-state index in [2.05, 4.69) is 17.1 Å². The van der Waals surface area contributed by atoms with Gasteiger partial charge in [0, 0.05) is 42.2 Å². The highest BCUT2D eigenvalue weighted by Crippen LogP contribution is 2.31. The number of aryl methyl sites for hydroxylation is 1. The van der Waals surface area contributed by atoms with Gasteiger partial charge in [0.2, 0.25) is 5.91 Å². The van der Waals surface area contributed by atoms with Crippen LogP contribution in [0.25, 0.3) is 11.3 Å². The second kappa shape index (κ2) is 7.27. The van der Waals surface area contributed by atoms with Crippen molar-refractivity contribution < 1.29 is 9.53 Å². The smallest absolute Gasteiger partial charge is 0.223 e. The Morgan fingerprint density at radius 1 is 1.15 bits per heavy atom.